The Morgan fingerprint density at radius 2 is 1.73 bits per heavy atom. The minimum absolute atomic E-state index is 0. The van der Waals surface area contributed by atoms with Crippen molar-refractivity contribution in [1.29, 1.82) is 0 Å². The summed E-state index contributed by atoms with van der Waals surface area (Å²) in [4.78, 5) is -0.454. The predicted octanol–water partition coefficient (Wildman–Crippen LogP) is 4.10. The Hall–Kier alpha value is -2.56. The number of rotatable bonds is 6. The van der Waals surface area contributed by atoms with E-state index in [-0.39, 0.29) is 30.3 Å². The Balaban J connectivity index is 0.00000320. The van der Waals surface area contributed by atoms with Gasteiger partial charge in [0.25, 0.3) is 10.0 Å². The number of nitrogens with one attached hydrogen (secondary N) is 1. The fraction of sp³-hybridized carbons (Fsp3) is 0.158. The van der Waals surface area contributed by atoms with Crippen molar-refractivity contribution in [2.45, 2.75) is 11.4 Å². The molecule has 162 valence electrons. The maximum atomic E-state index is 14.5. The fourth-order valence-corrected chi connectivity index (χ4v) is 4.38. The van der Waals surface area contributed by atoms with Crippen molar-refractivity contribution in [3.63, 3.8) is 0 Å². The molecule has 0 aliphatic carbocycles. The predicted molar refractivity (Wildman–Crippen MR) is 105 cm³/mol. The molecule has 0 aliphatic heterocycles. The van der Waals surface area contributed by atoms with E-state index < -0.39 is 49.4 Å². The zero-order valence-electron chi connectivity index (χ0n) is 15.7. The Kier molecular flexibility index (Phi) is 7.17. The van der Waals surface area contributed by atoms with E-state index in [9.17, 15) is 26.0 Å². The topological polar surface area (TPSA) is 60.3 Å². The van der Waals surface area contributed by atoms with Crippen molar-refractivity contribution in [1.82, 2.24) is 9.29 Å². The second-order valence-electron chi connectivity index (χ2n) is 6.04. The fourth-order valence-electron chi connectivity index (χ4n) is 2.96. The molecule has 0 amide bonds. The van der Waals surface area contributed by atoms with Crippen molar-refractivity contribution in [2.24, 2.45) is 0 Å². The average Bonchev–Trinajstić information content (AvgIpc) is 3.04. The van der Waals surface area contributed by atoms with Crippen LogP contribution in [0.1, 0.15) is 5.56 Å². The number of ether oxygens (including phenoxy) is 1. The summed E-state index contributed by atoms with van der Waals surface area (Å²) < 4.78 is 88.6. The molecule has 1 N–H and O–H groups in total. The van der Waals surface area contributed by atoms with E-state index in [0.29, 0.717) is 16.1 Å². The van der Waals surface area contributed by atoms with Gasteiger partial charge in [0.2, 0.25) is 0 Å². The van der Waals surface area contributed by atoms with Crippen LogP contribution >= 0.6 is 12.4 Å². The minimum atomic E-state index is -4.50. The lowest BCUT2D eigenvalue weighted by Crippen LogP contribution is -2.15. The van der Waals surface area contributed by atoms with E-state index in [1.807, 2.05) is 0 Å². The highest BCUT2D eigenvalue weighted by molar-refractivity contribution is 7.90. The average molecular weight is 465 g/mol. The van der Waals surface area contributed by atoms with E-state index in [2.05, 4.69) is 5.32 Å². The van der Waals surface area contributed by atoms with Crippen molar-refractivity contribution >= 4 is 22.4 Å². The first kappa shape index (κ1) is 23.7. The summed E-state index contributed by atoms with van der Waals surface area (Å²) in [6.07, 6.45) is 1.09. The summed E-state index contributed by atoms with van der Waals surface area (Å²) in [5, 5.41) is 2.78. The molecule has 3 aromatic rings. The third kappa shape index (κ3) is 4.03. The highest BCUT2D eigenvalue weighted by atomic mass is 35.5. The Labute approximate surface area is 176 Å². The zero-order chi connectivity index (χ0) is 21.3. The van der Waals surface area contributed by atoms with Crippen LogP contribution in [0.5, 0.6) is 5.75 Å². The highest BCUT2D eigenvalue weighted by Gasteiger charge is 2.31. The molecule has 0 saturated heterocycles. The molecule has 0 atom stereocenters. The standard InChI is InChI=1S/C19H16F4N2O3S.ClH/c1-24-9-11-10-25(29(26,27)13-5-3-4-12(20)8-13)18(19(11)28-2)16-14(21)6-7-15(22)17(16)23;/h3-8,10,24H,9H2,1-2H3;1H. The van der Waals surface area contributed by atoms with Gasteiger partial charge in [-0.3, -0.25) is 0 Å². The molecule has 3 rings (SSSR count). The molecular formula is C19H17ClF4N2O3S. The van der Waals surface area contributed by atoms with Crippen molar-refractivity contribution < 1.29 is 30.7 Å². The summed E-state index contributed by atoms with van der Waals surface area (Å²) in [6.45, 7) is 0.0837. The second kappa shape index (κ2) is 9.07. The second-order valence-corrected chi connectivity index (χ2v) is 7.86. The lowest BCUT2D eigenvalue weighted by molar-refractivity contribution is 0.410. The molecule has 0 unspecified atom stereocenters. The number of nitrogens with zero attached hydrogens (tertiary/aromatic N) is 1. The molecule has 30 heavy (non-hydrogen) atoms. The van der Waals surface area contributed by atoms with Gasteiger partial charge in [0.15, 0.2) is 11.6 Å². The van der Waals surface area contributed by atoms with Crippen molar-refractivity contribution in [2.75, 3.05) is 14.2 Å². The summed E-state index contributed by atoms with van der Waals surface area (Å²) in [5.41, 5.74) is -1.21. The van der Waals surface area contributed by atoms with Gasteiger partial charge in [-0.15, -0.1) is 12.4 Å². The van der Waals surface area contributed by atoms with Crippen molar-refractivity contribution in [3.8, 4) is 17.0 Å². The van der Waals surface area contributed by atoms with Gasteiger partial charge in [0, 0.05) is 18.3 Å². The first-order valence-corrected chi connectivity index (χ1v) is 9.74. The summed E-state index contributed by atoms with van der Waals surface area (Å²) >= 11 is 0. The first-order chi connectivity index (χ1) is 13.7. The molecule has 2 aromatic carbocycles. The highest BCUT2D eigenvalue weighted by Crippen LogP contribution is 2.40. The van der Waals surface area contributed by atoms with Crippen LogP contribution in [0.25, 0.3) is 11.3 Å². The van der Waals surface area contributed by atoms with Crippen LogP contribution in [0.15, 0.2) is 47.5 Å². The lowest BCUT2D eigenvalue weighted by atomic mass is 10.1. The maximum absolute atomic E-state index is 14.5. The number of benzene rings is 2. The molecule has 5 nitrogen and oxygen atoms in total. The quantitative estimate of drug-likeness (QED) is 0.441. The smallest absolute Gasteiger partial charge is 0.268 e. The van der Waals surface area contributed by atoms with E-state index in [1.54, 1.807) is 7.05 Å². The number of aromatic nitrogens is 1. The molecule has 11 heteroatoms. The van der Waals surface area contributed by atoms with Crippen LogP contribution in [0.2, 0.25) is 0 Å². The first-order valence-electron chi connectivity index (χ1n) is 8.30. The SMILES string of the molecule is CNCc1cn(S(=O)(=O)c2cccc(F)c2)c(-c2c(F)ccc(F)c2F)c1OC.Cl. The minimum Gasteiger partial charge on any atom is -0.494 e. The van der Waals surface area contributed by atoms with Gasteiger partial charge in [0.1, 0.15) is 23.1 Å². The van der Waals surface area contributed by atoms with Gasteiger partial charge in [-0.2, -0.15) is 0 Å². The molecule has 0 fully saturated rings. The van der Waals surface area contributed by atoms with Crippen LogP contribution < -0.4 is 10.1 Å². The molecule has 0 bridgehead atoms. The summed E-state index contributed by atoms with van der Waals surface area (Å²) in [7, 11) is -1.75. The van der Waals surface area contributed by atoms with Crippen LogP contribution in [-0.2, 0) is 16.6 Å². The van der Waals surface area contributed by atoms with Crippen LogP contribution in [0, 0.1) is 23.3 Å². The monoisotopic (exact) mass is 464 g/mol. The van der Waals surface area contributed by atoms with Gasteiger partial charge >= 0.3 is 0 Å². The number of hydrogen-bond donors (Lipinski definition) is 1. The van der Waals surface area contributed by atoms with E-state index >= 15 is 0 Å². The largest absolute Gasteiger partial charge is 0.494 e. The summed E-state index contributed by atoms with van der Waals surface area (Å²) in [6, 6.07) is 5.39. The van der Waals surface area contributed by atoms with Gasteiger partial charge < -0.3 is 10.1 Å². The zero-order valence-corrected chi connectivity index (χ0v) is 17.4. The molecule has 1 aromatic heterocycles. The Morgan fingerprint density at radius 1 is 1.07 bits per heavy atom. The normalized spacial score (nSPS) is 11.3. The number of hydrogen-bond acceptors (Lipinski definition) is 4. The Morgan fingerprint density at radius 3 is 2.33 bits per heavy atom. The van der Waals surface area contributed by atoms with Gasteiger partial charge in [-0.25, -0.2) is 30.0 Å². The molecule has 0 radical (unpaired) electrons. The van der Waals surface area contributed by atoms with E-state index in [0.717, 1.165) is 24.4 Å². The van der Waals surface area contributed by atoms with Crippen molar-refractivity contribution in [3.05, 3.63) is 71.4 Å². The molecule has 0 aliphatic rings. The van der Waals surface area contributed by atoms with Crippen LogP contribution in [-0.4, -0.2) is 26.5 Å². The third-order valence-corrected chi connectivity index (χ3v) is 5.86. The van der Waals surface area contributed by atoms with Gasteiger partial charge in [-0.1, -0.05) is 6.07 Å². The lowest BCUT2D eigenvalue weighted by Gasteiger charge is -2.14. The third-order valence-electron chi connectivity index (χ3n) is 4.21. The van der Waals surface area contributed by atoms with E-state index in [1.165, 1.54) is 13.2 Å². The summed E-state index contributed by atoms with van der Waals surface area (Å²) in [5.74, 6) is -5.11. The maximum Gasteiger partial charge on any atom is 0.268 e. The molecule has 0 saturated carbocycles. The number of methoxy groups -OCH3 is 1. The van der Waals surface area contributed by atoms with E-state index in [4.69, 9.17) is 4.74 Å². The van der Waals surface area contributed by atoms with Crippen LogP contribution in [0.3, 0.4) is 0 Å². The van der Waals surface area contributed by atoms with Crippen LogP contribution in [0.4, 0.5) is 17.6 Å². The Bertz CT molecular complexity index is 1180. The number of halogens is 5. The molecule has 1 heterocycles. The van der Waals surface area contributed by atoms with Gasteiger partial charge in [0.05, 0.1) is 17.6 Å². The van der Waals surface area contributed by atoms with Gasteiger partial charge in [-0.05, 0) is 37.4 Å². The molecule has 0 spiro atoms. The molecular weight excluding hydrogens is 448 g/mol.